The molecule has 2 nitrogen and oxygen atoms in total. The van der Waals surface area contributed by atoms with Crippen molar-refractivity contribution in [1.29, 1.82) is 0 Å². The first-order valence-corrected chi connectivity index (χ1v) is 19.9. The zero-order valence-corrected chi connectivity index (χ0v) is 31.0. The Balaban J connectivity index is 1.31. The Morgan fingerprint density at radius 2 is 0.855 bits per heavy atom. The average molecular weight is 747 g/mol. The molecule has 0 radical (unpaired) electrons. The Hall–Kier alpha value is -6.34. The van der Waals surface area contributed by atoms with Gasteiger partial charge >= 0.3 is 0 Å². The summed E-state index contributed by atoms with van der Waals surface area (Å²) < 4.78 is 39.7. The van der Waals surface area contributed by atoms with Gasteiger partial charge in [-0.05, 0) is 72.1 Å². The summed E-state index contributed by atoms with van der Waals surface area (Å²) in [6.07, 6.45) is 0. The molecule has 55 heavy (non-hydrogen) atoms. The standard InChI is InChI=1S/C49H28F2N2S2/c1-27-22-42(52-40-14-6-2-10-31(40)35-18-20-37-33-12-4-8-16-44(33)54-48(37)46(35)52)43(26-39(27)28-23-29(50)25-30(51)24-28)53-41-15-7-3-11-32(41)36-19-21-38-34-13-5-9-17-45(34)55-49(38)47(36)53/h2-26H,1H3. The molecule has 0 N–H and O–H groups in total. The molecule has 0 aliphatic heterocycles. The highest BCUT2D eigenvalue weighted by molar-refractivity contribution is 7.27. The van der Waals surface area contributed by atoms with Crippen LogP contribution in [0, 0.1) is 18.6 Å². The van der Waals surface area contributed by atoms with E-state index < -0.39 is 11.6 Å². The van der Waals surface area contributed by atoms with E-state index in [1.165, 1.54) is 63.2 Å². The molecule has 0 unspecified atom stereocenters. The number of thiophene rings is 2. The van der Waals surface area contributed by atoms with Gasteiger partial charge in [0.1, 0.15) is 11.6 Å². The van der Waals surface area contributed by atoms with Gasteiger partial charge in [0.15, 0.2) is 0 Å². The first kappa shape index (κ1) is 31.1. The van der Waals surface area contributed by atoms with Crippen LogP contribution in [0.25, 0.3) is 106 Å². The monoisotopic (exact) mass is 746 g/mol. The maximum absolute atomic E-state index is 15.0. The smallest absolute Gasteiger partial charge is 0.126 e. The first-order valence-electron chi connectivity index (χ1n) is 18.3. The summed E-state index contributed by atoms with van der Waals surface area (Å²) in [5.41, 5.74) is 8.57. The summed E-state index contributed by atoms with van der Waals surface area (Å²) in [5.74, 6) is -1.20. The van der Waals surface area contributed by atoms with Crippen molar-refractivity contribution in [2.45, 2.75) is 6.92 Å². The van der Waals surface area contributed by atoms with E-state index in [1.54, 1.807) is 0 Å². The second kappa shape index (κ2) is 11.3. The summed E-state index contributed by atoms with van der Waals surface area (Å²) in [7, 11) is 0. The molecule has 0 bridgehead atoms. The van der Waals surface area contributed by atoms with Crippen LogP contribution in [0.4, 0.5) is 8.78 Å². The second-order valence-electron chi connectivity index (χ2n) is 14.4. The van der Waals surface area contributed by atoms with Crippen LogP contribution < -0.4 is 0 Å². The third-order valence-corrected chi connectivity index (χ3v) is 13.7. The van der Waals surface area contributed by atoms with Crippen LogP contribution in [-0.2, 0) is 0 Å². The van der Waals surface area contributed by atoms with Gasteiger partial charge in [-0.25, -0.2) is 8.78 Å². The molecule has 0 atom stereocenters. The van der Waals surface area contributed by atoms with Crippen LogP contribution in [0.2, 0.25) is 0 Å². The largest absolute Gasteiger partial charge is 0.306 e. The number of nitrogens with zero attached hydrogens (tertiary/aromatic N) is 2. The topological polar surface area (TPSA) is 9.86 Å². The van der Waals surface area contributed by atoms with Crippen LogP contribution in [0.5, 0.6) is 0 Å². The highest BCUT2D eigenvalue weighted by Gasteiger charge is 2.25. The number of hydrogen-bond acceptors (Lipinski definition) is 2. The third kappa shape index (κ3) is 4.32. The first-order chi connectivity index (χ1) is 27.0. The lowest BCUT2D eigenvalue weighted by Gasteiger charge is -2.20. The summed E-state index contributed by atoms with van der Waals surface area (Å²) >= 11 is 3.64. The molecule has 6 heteroatoms. The van der Waals surface area contributed by atoms with E-state index in [4.69, 9.17) is 0 Å². The fourth-order valence-electron chi connectivity index (χ4n) is 9.02. The minimum absolute atomic E-state index is 0.504. The van der Waals surface area contributed by atoms with Gasteiger partial charge in [-0.15, -0.1) is 22.7 Å². The number of benzene rings is 8. The lowest BCUT2D eigenvalue weighted by molar-refractivity contribution is 0.584. The third-order valence-electron chi connectivity index (χ3n) is 11.3. The fourth-order valence-corrected chi connectivity index (χ4v) is 11.5. The van der Waals surface area contributed by atoms with Crippen LogP contribution in [-0.4, -0.2) is 9.13 Å². The lowest BCUT2D eigenvalue weighted by Crippen LogP contribution is -2.05. The van der Waals surface area contributed by atoms with Crippen molar-refractivity contribution < 1.29 is 8.78 Å². The van der Waals surface area contributed by atoms with Crippen LogP contribution >= 0.6 is 22.7 Å². The van der Waals surface area contributed by atoms with Crippen LogP contribution in [0.1, 0.15) is 5.56 Å². The van der Waals surface area contributed by atoms with Crippen molar-refractivity contribution in [1.82, 2.24) is 9.13 Å². The summed E-state index contributed by atoms with van der Waals surface area (Å²) in [5, 5.41) is 9.58. The number of hydrogen-bond donors (Lipinski definition) is 0. The molecule has 4 aromatic heterocycles. The summed E-state index contributed by atoms with van der Waals surface area (Å²) in [6, 6.07) is 51.7. The molecule has 12 aromatic rings. The highest BCUT2D eigenvalue weighted by Crippen LogP contribution is 2.47. The fraction of sp³-hybridized carbons (Fsp3) is 0.0204. The van der Waals surface area contributed by atoms with E-state index >= 15 is 0 Å². The minimum Gasteiger partial charge on any atom is -0.306 e. The predicted octanol–water partition coefficient (Wildman–Crippen LogP) is 14.9. The van der Waals surface area contributed by atoms with Gasteiger partial charge in [-0.1, -0.05) is 97.1 Å². The Kier molecular flexibility index (Phi) is 6.40. The number of fused-ring (bicyclic) bond motifs is 14. The van der Waals surface area contributed by atoms with Gasteiger partial charge in [0.2, 0.25) is 0 Å². The zero-order valence-electron chi connectivity index (χ0n) is 29.4. The Morgan fingerprint density at radius 1 is 0.418 bits per heavy atom. The number of aryl methyl sites for hydroxylation is 1. The van der Waals surface area contributed by atoms with Crippen molar-refractivity contribution in [3.63, 3.8) is 0 Å². The molecule has 0 amide bonds. The van der Waals surface area contributed by atoms with Crippen molar-refractivity contribution in [3.8, 4) is 22.5 Å². The van der Waals surface area contributed by atoms with E-state index in [-0.39, 0.29) is 0 Å². The van der Waals surface area contributed by atoms with E-state index in [1.807, 2.05) is 29.6 Å². The van der Waals surface area contributed by atoms with Gasteiger partial charge in [-0.2, -0.15) is 0 Å². The van der Waals surface area contributed by atoms with Gasteiger partial charge in [0, 0.05) is 58.6 Å². The molecule has 8 aromatic carbocycles. The highest BCUT2D eigenvalue weighted by atomic mass is 32.1. The van der Waals surface area contributed by atoms with E-state index in [2.05, 4.69) is 143 Å². The number of rotatable bonds is 3. The average Bonchev–Trinajstić information content (AvgIpc) is 3.95. The maximum atomic E-state index is 15.0. The molecular formula is C49H28F2N2S2. The number of aromatic nitrogens is 2. The minimum atomic E-state index is -0.599. The quantitative estimate of drug-likeness (QED) is 0.170. The SMILES string of the molecule is Cc1cc(-n2c3ccccc3c3ccc4c5ccccc5sc4c32)c(-n2c3ccccc3c3ccc4c5ccccc5sc4c32)cc1-c1cc(F)cc(F)c1. The molecule has 260 valence electrons. The van der Waals surface area contributed by atoms with E-state index in [9.17, 15) is 8.78 Å². The van der Waals surface area contributed by atoms with Gasteiger partial charge in [-0.3, -0.25) is 0 Å². The zero-order chi connectivity index (χ0) is 36.5. The molecule has 0 aliphatic carbocycles. The summed E-state index contributed by atoms with van der Waals surface area (Å²) in [4.78, 5) is 0. The molecule has 12 rings (SSSR count). The second-order valence-corrected chi connectivity index (χ2v) is 16.5. The molecule has 0 saturated heterocycles. The summed E-state index contributed by atoms with van der Waals surface area (Å²) in [6.45, 7) is 2.05. The molecule has 0 spiro atoms. The molecule has 0 saturated carbocycles. The maximum Gasteiger partial charge on any atom is 0.126 e. The molecule has 0 aliphatic rings. The van der Waals surface area contributed by atoms with Gasteiger partial charge < -0.3 is 9.13 Å². The van der Waals surface area contributed by atoms with Gasteiger partial charge in [0.05, 0.1) is 42.8 Å². The van der Waals surface area contributed by atoms with Crippen molar-refractivity contribution >= 4 is 107 Å². The lowest BCUT2D eigenvalue weighted by atomic mass is 9.98. The Morgan fingerprint density at radius 3 is 1.38 bits per heavy atom. The predicted molar refractivity (Wildman–Crippen MR) is 231 cm³/mol. The van der Waals surface area contributed by atoms with Crippen molar-refractivity contribution in [2.75, 3.05) is 0 Å². The number of halogens is 2. The van der Waals surface area contributed by atoms with E-state index in [0.29, 0.717) is 5.56 Å². The van der Waals surface area contributed by atoms with E-state index in [0.717, 1.165) is 61.4 Å². The molecular weight excluding hydrogens is 719 g/mol. The van der Waals surface area contributed by atoms with Crippen LogP contribution in [0.3, 0.4) is 0 Å². The van der Waals surface area contributed by atoms with Crippen LogP contribution in [0.15, 0.2) is 152 Å². The van der Waals surface area contributed by atoms with Crippen molar-refractivity contribution in [2.24, 2.45) is 0 Å². The molecule has 4 heterocycles. The van der Waals surface area contributed by atoms with Gasteiger partial charge in [0.25, 0.3) is 0 Å². The Bertz CT molecular complexity index is 3580. The van der Waals surface area contributed by atoms with Crippen molar-refractivity contribution in [3.05, 3.63) is 169 Å². The number of para-hydroxylation sites is 2. The normalized spacial score (nSPS) is 12.3. The molecule has 0 fully saturated rings. The Labute approximate surface area is 321 Å².